The number of aliphatic imine (C=N–C) groups is 1. The van der Waals surface area contributed by atoms with E-state index in [1.807, 2.05) is 13.8 Å². The van der Waals surface area contributed by atoms with E-state index in [2.05, 4.69) is 36.4 Å². The number of aliphatic hydroxyl groups is 1. The van der Waals surface area contributed by atoms with Gasteiger partial charge in [-0.3, -0.25) is 9.79 Å². The summed E-state index contributed by atoms with van der Waals surface area (Å²) in [4.78, 5) is 17.1. The smallest absolute Gasteiger partial charge is 0.197 e. The Hall–Kier alpha value is -2.87. The lowest BCUT2D eigenvalue weighted by molar-refractivity contribution is -0.115. The van der Waals surface area contributed by atoms with Crippen LogP contribution in [0.2, 0.25) is 0 Å². The number of halogens is 1. The molecular weight excluding hydrogens is 449 g/mol. The van der Waals surface area contributed by atoms with E-state index in [0.29, 0.717) is 60.1 Å². The number of benzene rings is 1. The quantitative estimate of drug-likeness (QED) is 0.369. The largest absolute Gasteiger partial charge is 0.510 e. The summed E-state index contributed by atoms with van der Waals surface area (Å²) in [7, 11) is 1.57. The first-order chi connectivity index (χ1) is 16.6. The Balaban J connectivity index is 2.24. The standard InChI is InChI=1S/C27H40FN3O4/c1-8-31-21-12-17(11-20(25(21)33)27(4,5)6)22(32)16-30-14-18-13-23(34-9-2)26(35-10-3)24(28)19(18)15-29-7/h12-13,15,20,30-31,33H,8-11,14,16H2,1-7H3. The molecule has 1 aromatic rings. The van der Waals surface area contributed by atoms with Crippen LogP contribution in [0.1, 0.15) is 59.1 Å². The van der Waals surface area contributed by atoms with E-state index in [9.17, 15) is 9.90 Å². The van der Waals surface area contributed by atoms with Crippen molar-refractivity contribution in [3.63, 3.8) is 0 Å². The molecule has 8 heteroatoms. The second-order valence-corrected chi connectivity index (χ2v) is 9.49. The van der Waals surface area contributed by atoms with Gasteiger partial charge >= 0.3 is 0 Å². The molecule has 1 atom stereocenters. The van der Waals surface area contributed by atoms with E-state index >= 15 is 4.39 Å². The number of aliphatic hydroxyl groups excluding tert-OH is 1. The molecule has 0 saturated carbocycles. The van der Waals surface area contributed by atoms with Gasteiger partial charge in [0.05, 0.1) is 25.5 Å². The van der Waals surface area contributed by atoms with Crippen LogP contribution in [0.4, 0.5) is 4.39 Å². The molecule has 1 aromatic carbocycles. The van der Waals surface area contributed by atoms with Crippen LogP contribution in [0.3, 0.4) is 0 Å². The minimum atomic E-state index is -0.537. The number of nitrogens with one attached hydrogen (secondary N) is 2. The van der Waals surface area contributed by atoms with Crippen LogP contribution in [0.25, 0.3) is 0 Å². The van der Waals surface area contributed by atoms with Gasteiger partial charge in [0.2, 0.25) is 0 Å². The summed E-state index contributed by atoms with van der Waals surface area (Å²) in [6.45, 7) is 13.3. The molecule has 0 fully saturated rings. The van der Waals surface area contributed by atoms with Crippen molar-refractivity contribution in [2.24, 2.45) is 16.3 Å². The highest BCUT2D eigenvalue weighted by Gasteiger charge is 2.34. The Bertz CT molecular complexity index is 993. The zero-order valence-electron chi connectivity index (χ0n) is 22.0. The van der Waals surface area contributed by atoms with Crippen LogP contribution in [0, 0.1) is 17.2 Å². The SMILES string of the molecule is CCNC1=C(O)C(C(C)(C)C)CC(C(=O)CNCc2cc(OCC)c(OCC)c(F)c2C=NC)=C1. The van der Waals surface area contributed by atoms with Gasteiger partial charge < -0.3 is 25.2 Å². The van der Waals surface area contributed by atoms with E-state index < -0.39 is 5.82 Å². The number of rotatable bonds is 12. The number of allylic oxidation sites excluding steroid dienone is 2. The van der Waals surface area contributed by atoms with Crippen LogP contribution in [0.5, 0.6) is 11.5 Å². The third-order valence-electron chi connectivity index (χ3n) is 5.88. The Morgan fingerprint density at radius 2 is 1.94 bits per heavy atom. The zero-order valence-corrected chi connectivity index (χ0v) is 22.0. The predicted octanol–water partition coefficient (Wildman–Crippen LogP) is 4.70. The predicted molar refractivity (Wildman–Crippen MR) is 138 cm³/mol. The molecule has 0 aromatic heterocycles. The number of nitrogens with zero attached hydrogens (tertiary/aromatic N) is 1. The molecule has 1 aliphatic carbocycles. The number of hydrogen-bond acceptors (Lipinski definition) is 7. The Labute approximate surface area is 208 Å². The third kappa shape index (κ3) is 7.07. The van der Waals surface area contributed by atoms with Crippen LogP contribution >= 0.6 is 0 Å². The number of Topliss-reactive ketones (excluding diaryl/α,β-unsaturated/α-hetero) is 1. The number of carbonyl (C=O) groups excluding carboxylic acids is 1. The van der Waals surface area contributed by atoms with Crippen molar-refractivity contribution in [1.29, 1.82) is 0 Å². The normalized spacial score (nSPS) is 16.5. The Morgan fingerprint density at radius 3 is 2.51 bits per heavy atom. The van der Waals surface area contributed by atoms with Crippen molar-refractivity contribution in [3.8, 4) is 11.5 Å². The second-order valence-electron chi connectivity index (χ2n) is 9.49. The van der Waals surface area contributed by atoms with E-state index in [0.717, 1.165) is 0 Å². The lowest BCUT2D eigenvalue weighted by Crippen LogP contribution is -2.33. The fourth-order valence-electron chi connectivity index (χ4n) is 4.11. The van der Waals surface area contributed by atoms with Gasteiger partial charge in [-0.2, -0.15) is 0 Å². The molecule has 0 amide bonds. The van der Waals surface area contributed by atoms with E-state index in [4.69, 9.17) is 9.47 Å². The summed E-state index contributed by atoms with van der Waals surface area (Å²) < 4.78 is 26.3. The monoisotopic (exact) mass is 489 g/mol. The van der Waals surface area contributed by atoms with Gasteiger partial charge in [-0.05, 0) is 55.9 Å². The molecule has 1 unspecified atom stereocenters. The molecule has 0 bridgehead atoms. The van der Waals surface area contributed by atoms with Crippen LogP contribution in [0.15, 0.2) is 34.2 Å². The van der Waals surface area contributed by atoms with Crippen molar-refractivity contribution in [2.75, 3.05) is 33.4 Å². The molecule has 0 aliphatic heterocycles. The fraction of sp³-hybridized carbons (Fsp3) is 0.556. The highest BCUT2D eigenvalue weighted by Crippen LogP contribution is 2.40. The van der Waals surface area contributed by atoms with Gasteiger partial charge in [-0.25, -0.2) is 4.39 Å². The Kier molecular flexibility index (Phi) is 10.3. The first kappa shape index (κ1) is 28.4. The van der Waals surface area contributed by atoms with E-state index in [1.165, 1.54) is 6.21 Å². The maximum Gasteiger partial charge on any atom is 0.197 e. The fourth-order valence-corrected chi connectivity index (χ4v) is 4.11. The number of ketones is 1. The highest BCUT2D eigenvalue weighted by molar-refractivity contribution is 5.97. The molecule has 194 valence electrons. The second kappa shape index (κ2) is 12.7. The minimum absolute atomic E-state index is 0.0622. The van der Waals surface area contributed by atoms with Crippen molar-refractivity contribution >= 4 is 12.0 Å². The number of ether oxygens (including phenoxy) is 2. The zero-order chi connectivity index (χ0) is 26.2. The summed E-state index contributed by atoms with van der Waals surface area (Å²) in [5, 5.41) is 17.0. The van der Waals surface area contributed by atoms with Gasteiger partial charge in [-0.1, -0.05) is 20.8 Å². The van der Waals surface area contributed by atoms with Crippen LogP contribution in [-0.2, 0) is 11.3 Å². The first-order valence-electron chi connectivity index (χ1n) is 12.2. The maximum absolute atomic E-state index is 15.2. The molecule has 1 aliphatic rings. The summed E-state index contributed by atoms with van der Waals surface area (Å²) >= 11 is 0. The van der Waals surface area contributed by atoms with Crippen molar-refractivity contribution < 1.29 is 23.8 Å². The molecular formula is C27H40FN3O4. The summed E-state index contributed by atoms with van der Waals surface area (Å²) in [6, 6.07) is 1.73. The maximum atomic E-state index is 15.2. The average Bonchev–Trinajstić information content (AvgIpc) is 2.79. The van der Waals surface area contributed by atoms with Crippen molar-refractivity contribution in [3.05, 3.63) is 46.1 Å². The molecule has 3 N–H and O–H groups in total. The van der Waals surface area contributed by atoms with Crippen molar-refractivity contribution in [1.82, 2.24) is 10.6 Å². The van der Waals surface area contributed by atoms with Gasteiger partial charge in [-0.15, -0.1) is 0 Å². The lowest BCUT2D eigenvalue weighted by Gasteiger charge is -2.34. The highest BCUT2D eigenvalue weighted by atomic mass is 19.1. The molecule has 7 nitrogen and oxygen atoms in total. The summed E-state index contributed by atoms with van der Waals surface area (Å²) in [5.41, 5.74) is 1.95. The van der Waals surface area contributed by atoms with E-state index in [1.54, 1.807) is 26.1 Å². The Morgan fingerprint density at radius 1 is 1.26 bits per heavy atom. The van der Waals surface area contributed by atoms with Gasteiger partial charge in [0.1, 0.15) is 5.76 Å². The topological polar surface area (TPSA) is 92.2 Å². The lowest BCUT2D eigenvalue weighted by atomic mass is 9.73. The molecule has 0 heterocycles. The van der Waals surface area contributed by atoms with Gasteiger partial charge in [0.15, 0.2) is 23.1 Å². The molecule has 0 radical (unpaired) electrons. The van der Waals surface area contributed by atoms with Gasteiger partial charge in [0.25, 0.3) is 0 Å². The summed E-state index contributed by atoms with van der Waals surface area (Å²) in [5.74, 6) is -0.0911. The average molecular weight is 490 g/mol. The minimum Gasteiger partial charge on any atom is -0.510 e. The van der Waals surface area contributed by atoms with E-state index in [-0.39, 0.29) is 36.0 Å². The van der Waals surface area contributed by atoms with Crippen LogP contribution < -0.4 is 20.1 Å². The molecule has 0 saturated heterocycles. The van der Waals surface area contributed by atoms with Crippen molar-refractivity contribution in [2.45, 2.75) is 54.5 Å². The third-order valence-corrected chi connectivity index (χ3v) is 5.88. The molecule has 2 rings (SSSR count). The molecule has 35 heavy (non-hydrogen) atoms. The number of hydrogen-bond donors (Lipinski definition) is 3. The number of carbonyl (C=O) groups is 1. The summed E-state index contributed by atoms with van der Waals surface area (Å²) in [6.07, 6.45) is 3.65. The number of likely N-dealkylation sites (N-methyl/N-ethyl adjacent to an activating group) is 1. The first-order valence-corrected chi connectivity index (χ1v) is 12.2. The molecule has 0 spiro atoms. The van der Waals surface area contributed by atoms with Crippen LogP contribution in [-0.4, -0.2) is 50.5 Å². The van der Waals surface area contributed by atoms with Gasteiger partial charge in [0, 0.05) is 37.8 Å².